The Labute approximate surface area is 156 Å². The lowest BCUT2D eigenvalue weighted by atomic mass is 10.1. The fraction of sp³-hybridized carbons (Fsp3) is 0.471. The molecular formula is C17H21F3N2O4S. The minimum absolute atomic E-state index is 0.284. The molecule has 1 aromatic rings. The van der Waals surface area contributed by atoms with Crippen LogP contribution in [-0.2, 0) is 21.0 Å². The summed E-state index contributed by atoms with van der Waals surface area (Å²) in [5.41, 5.74) is -0.488. The van der Waals surface area contributed by atoms with Gasteiger partial charge in [0.1, 0.15) is 5.75 Å². The second-order valence-electron chi connectivity index (χ2n) is 6.27. The van der Waals surface area contributed by atoms with Crippen LogP contribution in [0.1, 0.15) is 24.0 Å². The lowest BCUT2D eigenvalue weighted by Gasteiger charge is -2.32. The van der Waals surface area contributed by atoms with E-state index in [0.717, 1.165) is 11.5 Å². The van der Waals surface area contributed by atoms with E-state index >= 15 is 0 Å². The Morgan fingerprint density at radius 1 is 1.37 bits per heavy atom. The third-order valence-corrected chi connectivity index (χ3v) is 5.29. The molecule has 1 aliphatic heterocycles. The van der Waals surface area contributed by atoms with E-state index in [4.69, 9.17) is 4.74 Å². The summed E-state index contributed by atoms with van der Waals surface area (Å²) >= 11 is 0. The molecule has 1 N–H and O–H groups in total. The van der Waals surface area contributed by atoms with Crippen molar-refractivity contribution in [3.05, 3.63) is 41.3 Å². The van der Waals surface area contributed by atoms with Gasteiger partial charge in [-0.3, -0.25) is 4.79 Å². The number of sulfonamides is 1. The van der Waals surface area contributed by atoms with Crippen LogP contribution in [0, 0.1) is 6.92 Å². The number of halogens is 3. The first-order chi connectivity index (χ1) is 12.5. The van der Waals surface area contributed by atoms with Crippen LogP contribution in [0.2, 0.25) is 0 Å². The number of piperidine rings is 1. The van der Waals surface area contributed by atoms with E-state index in [2.05, 4.69) is 11.3 Å². The molecule has 0 unspecified atom stereocenters. The Bertz CT molecular complexity index is 801. The molecule has 0 bridgehead atoms. The van der Waals surface area contributed by atoms with Crippen molar-refractivity contribution in [1.82, 2.24) is 9.62 Å². The van der Waals surface area contributed by atoms with Crippen LogP contribution in [0.15, 0.2) is 30.2 Å². The molecule has 6 nitrogen and oxygen atoms in total. The molecule has 150 valence electrons. The zero-order valence-corrected chi connectivity index (χ0v) is 15.6. The topological polar surface area (TPSA) is 75.7 Å². The maximum atomic E-state index is 13.1. The van der Waals surface area contributed by atoms with E-state index in [1.54, 1.807) is 0 Å². The number of benzene rings is 1. The van der Waals surface area contributed by atoms with Crippen molar-refractivity contribution in [2.45, 2.75) is 32.0 Å². The minimum Gasteiger partial charge on any atom is -0.483 e. The molecule has 1 fully saturated rings. The number of nitrogens with zero attached hydrogens (tertiary/aromatic N) is 1. The predicted molar refractivity (Wildman–Crippen MR) is 93.5 cm³/mol. The molecule has 1 aromatic carbocycles. The van der Waals surface area contributed by atoms with Crippen LogP contribution in [0.5, 0.6) is 5.75 Å². The van der Waals surface area contributed by atoms with Gasteiger partial charge in [-0.05, 0) is 31.9 Å². The molecule has 27 heavy (non-hydrogen) atoms. The number of alkyl halides is 3. The molecule has 0 atom stereocenters. The number of hydrogen-bond acceptors (Lipinski definition) is 4. The number of ether oxygens (including phenoxy) is 1. The molecule has 0 spiro atoms. The molecule has 1 amide bonds. The van der Waals surface area contributed by atoms with Crippen molar-refractivity contribution in [2.75, 3.05) is 19.7 Å². The molecule has 10 heteroatoms. The minimum atomic E-state index is -4.58. The van der Waals surface area contributed by atoms with Crippen LogP contribution in [0.3, 0.4) is 0 Å². The van der Waals surface area contributed by atoms with Crippen molar-refractivity contribution in [1.29, 1.82) is 0 Å². The predicted octanol–water partition coefficient (Wildman–Crippen LogP) is 2.45. The van der Waals surface area contributed by atoms with Crippen molar-refractivity contribution >= 4 is 15.9 Å². The highest BCUT2D eigenvalue weighted by molar-refractivity contribution is 7.92. The molecule has 1 saturated heterocycles. The maximum Gasteiger partial charge on any atom is 0.419 e. The third kappa shape index (κ3) is 5.96. The molecule has 0 radical (unpaired) electrons. The van der Waals surface area contributed by atoms with E-state index in [9.17, 15) is 26.4 Å². The van der Waals surface area contributed by atoms with Gasteiger partial charge in [-0.1, -0.05) is 18.2 Å². The summed E-state index contributed by atoms with van der Waals surface area (Å²) < 4.78 is 69.7. The summed E-state index contributed by atoms with van der Waals surface area (Å²) in [5, 5.41) is 0.818. The quantitative estimate of drug-likeness (QED) is 0.788. The Morgan fingerprint density at radius 3 is 2.56 bits per heavy atom. The SMILES string of the molecule is C=CS(=O)(=O)NC1CCN(C(=O)COc2ccc(C)cc2C(F)(F)F)CC1. The fourth-order valence-corrected chi connectivity index (χ4v) is 3.55. The molecule has 1 aliphatic rings. The maximum absolute atomic E-state index is 13.1. The van der Waals surface area contributed by atoms with Crippen LogP contribution in [-0.4, -0.2) is 45.0 Å². The number of aryl methyl sites for hydroxylation is 1. The summed E-state index contributed by atoms with van der Waals surface area (Å²) in [6.45, 7) is 4.80. The Balaban J connectivity index is 1.92. The van der Waals surface area contributed by atoms with Gasteiger partial charge in [0.2, 0.25) is 10.0 Å². The number of hydrogen-bond donors (Lipinski definition) is 1. The molecule has 0 saturated carbocycles. The summed E-state index contributed by atoms with van der Waals surface area (Å²) in [6.07, 6.45) is -3.78. The molecule has 2 rings (SSSR count). The van der Waals surface area contributed by atoms with Gasteiger partial charge >= 0.3 is 6.18 Å². The molecule has 0 aromatic heterocycles. The number of amides is 1. The summed E-state index contributed by atoms with van der Waals surface area (Å²) in [4.78, 5) is 13.7. The van der Waals surface area contributed by atoms with Crippen LogP contribution in [0.25, 0.3) is 0 Å². The van der Waals surface area contributed by atoms with E-state index in [-0.39, 0.29) is 19.1 Å². The Kier molecular flexibility index (Phi) is 6.53. The standard InChI is InChI=1S/C17H21F3N2O4S/c1-3-27(24,25)21-13-6-8-22(9-7-13)16(23)11-26-15-5-4-12(2)10-14(15)17(18,19)20/h3-5,10,13,21H,1,6-9,11H2,2H3. The smallest absolute Gasteiger partial charge is 0.419 e. The van der Waals surface area contributed by atoms with Crippen LogP contribution >= 0.6 is 0 Å². The van der Waals surface area contributed by atoms with E-state index < -0.39 is 40.0 Å². The highest BCUT2D eigenvalue weighted by Crippen LogP contribution is 2.36. The Hall–Kier alpha value is -2.07. The lowest BCUT2D eigenvalue weighted by Crippen LogP contribution is -2.47. The van der Waals surface area contributed by atoms with E-state index in [1.165, 1.54) is 24.0 Å². The zero-order valence-electron chi connectivity index (χ0n) is 14.8. The van der Waals surface area contributed by atoms with Gasteiger partial charge in [-0.15, -0.1) is 0 Å². The molecule has 1 heterocycles. The first-order valence-corrected chi connectivity index (χ1v) is 9.79. The average Bonchev–Trinajstić information content (AvgIpc) is 2.60. The fourth-order valence-electron chi connectivity index (χ4n) is 2.75. The van der Waals surface area contributed by atoms with Crippen molar-refractivity contribution in [3.8, 4) is 5.75 Å². The lowest BCUT2D eigenvalue weighted by molar-refractivity contribution is -0.141. The second kappa shape index (κ2) is 8.30. The summed E-state index contributed by atoms with van der Waals surface area (Å²) in [7, 11) is -3.55. The van der Waals surface area contributed by atoms with Gasteiger partial charge in [-0.25, -0.2) is 13.1 Å². The largest absolute Gasteiger partial charge is 0.483 e. The number of nitrogens with one attached hydrogen (secondary N) is 1. The first kappa shape index (κ1) is 21.2. The number of carbonyl (C=O) groups excluding carboxylic acids is 1. The summed E-state index contributed by atoms with van der Waals surface area (Å²) in [5.74, 6) is -0.844. The third-order valence-electron chi connectivity index (χ3n) is 4.19. The van der Waals surface area contributed by atoms with Gasteiger partial charge in [0.05, 0.1) is 5.56 Å². The van der Waals surface area contributed by atoms with Gasteiger partial charge < -0.3 is 9.64 Å². The van der Waals surface area contributed by atoms with Gasteiger partial charge in [0.15, 0.2) is 6.61 Å². The Morgan fingerprint density at radius 2 is 2.00 bits per heavy atom. The van der Waals surface area contributed by atoms with Crippen LogP contribution < -0.4 is 9.46 Å². The number of likely N-dealkylation sites (tertiary alicyclic amines) is 1. The summed E-state index contributed by atoms with van der Waals surface area (Å²) in [6, 6.07) is 3.33. The van der Waals surface area contributed by atoms with Gasteiger partial charge in [-0.2, -0.15) is 13.2 Å². The van der Waals surface area contributed by atoms with E-state index in [1.807, 2.05) is 0 Å². The highest BCUT2D eigenvalue weighted by atomic mass is 32.2. The monoisotopic (exact) mass is 406 g/mol. The highest BCUT2D eigenvalue weighted by Gasteiger charge is 2.35. The number of carbonyl (C=O) groups is 1. The van der Waals surface area contributed by atoms with Crippen molar-refractivity contribution in [2.24, 2.45) is 0 Å². The van der Waals surface area contributed by atoms with Gasteiger partial charge in [0, 0.05) is 24.5 Å². The average molecular weight is 406 g/mol. The van der Waals surface area contributed by atoms with Crippen LogP contribution in [0.4, 0.5) is 13.2 Å². The van der Waals surface area contributed by atoms with Crippen molar-refractivity contribution in [3.63, 3.8) is 0 Å². The second-order valence-corrected chi connectivity index (χ2v) is 7.93. The molecular weight excluding hydrogens is 385 g/mol. The number of rotatable bonds is 6. The molecule has 0 aliphatic carbocycles. The first-order valence-electron chi connectivity index (χ1n) is 8.25. The normalized spacial score (nSPS) is 16.2. The van der Waals surface area contributed by atoms with Gasteiger partial charge in [0.25, 0.3) is 5.91 Å². The zero-order chi connectivity index (χ0) is 20.2. The van der Waals surface area contributed by atoms with Crippen molar-refractivity contribution < 1.29 is 31.1 Å². The van der Waals surface area contributed by atoms with E-state index in [0.29, 0.717) is 18.4 Å².